The molecule has 3 rings (SSSR count). The van der Waals surface area contributed by atoms with Crippen LogP contribution in [0.2, 0.25) is 0 Å². The largest absolute Gasteiger partial charge is 0.488 e. The van der Waals surface area contributed by atoms with Crippen LogP contribution in [0, 0.1) is 5.82 Å². The van der Waals surface area contributed by atoms with E-state index in [9.17, 15) is 9.18 Å². The Morgan fingerprint density at radius 2 is 1.91 bits per heavy atom. The lowest BCUT2D eigenvalue weighted by atomic mass is 10.1. The Kier molecular flexibility index (Phi) is 6.16. The summed E-state index contributed by atoms with van der Waals surface area (Å²) in [7, 11) is 0. The molecule has 0 aliphatic carbocycles. The molecule has 1 heterocycles. The first-order valence-electron chi connectivity index (χ1n) is 7.60. The SMILES string of the molecule is CC.O=C1c2cc(Br)cc(F)c2OCCN1Cc1ccccc1. The molecule has 0 saturated carbocycles. The first-order chi connectivity index (χ1) is 11.1. The summed E-state index contributed by atoms with van der Waals surface area (Å²) in [6, 6.07) is 12.6. The summed E-state index contributed by atoms with van der Waals surface area (Å²) >= 11 is 3.21. The van der Waals surface area contributed by atoms with Gasteiger partial charge in [0.15, 0.2) is 11.6 Å². The quantitative estimate of drug-likeness (QED) is 0.759. The van der Waals surface area contributed by atoms with Gasteiger partial charge in [0.25, 0.3) is 5.91 Å². The van der Waals surface area contributed by atoms with Gasteiger partial charge in [0.1, 0.15) is 6.61 Å². The van der Waals surface area contributed by atoms with E-state index in [-0.39, 0.29) is 23.8 Å². The van der Waals surface area contributed by atoms with E-state index in [4.69, 9.17) is 4.74 Å². The molecule has 1 aliphatic rings. The second-order valence-corrected chi connectivity index (χ2v) is 5.74. The van der Waals surface area contributed by atoms with E-state index < -0.39 is 5.82 Å². The third kappa shape index (κ3) is 4.10. The Bertz CT molecular complexity index is 676. The zero-order chi connectivity index (χ0) is 16.8. The predicted molar refractivity (Wildman–Crippen MR) is 92.1 cm³/mol. The Balaban J connectivity index is 0.000000924. The molecule has 2 aromatic carbocycles. The summed E-state index contributed by atoms with van der Waals surface area (Å²) in [5.74, 6) is -0.695. The second kappa shape index (κ2) is 8.11. The monoisotopic (exact) mass is 379 g/mol. The standard InChI is InChI=1S/C16H13BrFNO2.C2H6/c17-12-8-13-15(14(18)9-12)21-7-6-19(16(13)20)10-11-4-2-1-3-5-11;1-2/h1-5,8-9H,6-7,10H2;1-2H3. The third-order valence-corrected chi connectivity index (χ3v) is 3.81. The Morgan fingerprint density at radius 3 is 2.61 bits per heavy atom. The van der Waals surface area contributed by atoms with Crippen LogP contribution in [0.15, 0.2) is 46.9 Å². The molecule has 1 amide bonds. The molecule has 0 fully saturated rings. The lowest BCUT2D eigenvalue weighted by molar-refractivity contribution is 0.0743. The minimum Gasteiger partial charge on any atom is -0.488 e. The van der Waals surface area contributed by atoms with Crippen molar-refractivity contribution >= 4 is 21.8 Å². The van der Waals surface area contributed by atoms with Crippen LogP contribution in [0.4, 0.5) is 4.39 Å². The van der Waals surface area contributed by atoms with Crippen molar-refractivity contribution in [2.45, 2.75) is 20.4 Å². The summed E-state index contributed by atoms with van der Waals surface area (Å²) < 4.78 is 19.9. The lowest BCUT2D eigenvalue weighted by Gasteiger charge is -2.20. The van der Waals surface area contributed by atoms with Crippen LogP contribution in [0.25, 0.3) is 0 Å². The van der Waals surface area contributed by atoms with E-state index in [1.807, 2.05) is 44.2 Å². The Morgan fingerprint density at radius 1 is 1.22 bits per heavy atom. The Labute approximate surface area is 144 Å². The third-order valence-electron chi connectivity index (χ3n) is 3.35. The fourth-order valence-electron chi connectivity index (χ4n) is 2.35. The zero-order valence-corrected chi connectivity index (χ0v) is 14.8. The number of halogens is 2. The molecule has 0 spiro atoms. The minimum absolute atomic E-state index is 0.0405. The predicted octanol–water partition coefficient (Wildman–Crippen LogP) is 4.65. The summed E-state index contributed by atoms with van der Waals surface area (Å²) in [6.07, 6.45) is 0. The fraction of sp³-hybridized carbons (Fsp3) is 0.278. The molecule has 0 unspecified atom stereocenters. The van der Waals surface area contributed by atoms with Gasteiger partial charge < -0.3 is 9.64 Å². The van der Waals surface area contributed by atoms with Gasteiger partial charge in [-0.1, -0.05) is 60.1 Å². The summed E-state index contributed by atoms with van der Waals surface area (Å²) in [5.41, 5.74) is 1.29. The molecule has 0 N–H and O–H groups in total. The number of amides is 1. The van der Waals surface area contributed by atoms with Crippen LogP contribution >= 0.6 is 15.9 Å². The maximum absolute atomic E-state index is 13.9. The van der Waals surface area contributed by atoms with Crippen molar-refractivity contribution in [2.24, 2.45) is 0 Å². The van der Waals surface area contributed by atoms with Crippen LogP contribution in [0.1, 0.15) is 29.8 Å². The molecular weight excluding hydrogens is 361 g/mol. The van der Waals surface area contributed by atoms with Crippen LogP contribution in [-0.4, -0.2) is 24.0 Å². The normalized spacial score (nSPS) is 13.4. The van der Waals surface area contributed by atoms with E-state index in [2.05, 4.69) is 15.9 Å². The minimum atomic E-state index is -0.519. The second-order valence-electron chi connectivity index (χ2n) is 4.83. The molecule has 5 heteroatoms. The van der Waals surface area contributed by atoms with Gasteiger partial charge >= 0.3 is 0 Å². The van der Waals surface area contributed by atoms with Crippen molar-refractivity contribution in [2.75, 3.05) is 13.2 Å². The van der Waals surface area contributed by atoms with E-state index in [0.717, 1.165) is 5.56 Å². The number of rotatable bonds is 2. The van der Waals surface area contributed by atoms with Crippen LogP contribution in [-0.2, 0) is 6.54 Å². The first-order valence-corrected chi connectivity index (χ1v) is 8.39. The molecule has 1 aliphatic heterocycles. The van der Waals surface area contributed by atoms with Crippen molar-refractivity contribution in [3.05, 3.63) is 63.9 Å². The average Bonchev–Trinajstić information content (AvgIpc) is 2.71. The van der Waals surface area contributed by atoms with Crippen molar-refractivity contribution in [1.29, 1.82) is 0 Å². The summed E-state index contributed by atoms with van der Waals surface area (Å²) in [4.78, 5) is 14.3. The van der Waals surface area contributed by atoms with Crippen molar-refractivity contribution in [1.82, 2.24) is 4.90 Å². The molecular formula is C18H19BrFNO2. The van der Waals surface area contributed by atoms with Gasteiger partial charge in [-0.3, -0.25) is 4.79 Å². The van der Waals surface area contributed by atoms with E-state index in [1.54, 1.807) is 11.0 Å². The van der Waals surface area contributed by atoms with Gasteiger partial charge in [-0.05, 0) is 17.7 Å². The van der Waals surface area contributed by atoms with E-state index in [0.29, 0.717) is 17.6 Å². The number of carbonyl (C=O) groups is 1. The molecule has 3 nitrogen and oxygen atoms in total. The van der Waals surface area contributed by atoms with E-state index in [1.165, 1.54) is 6.07 Å². The van der Waals surface area contributed by atoms with Crippen LogP contribution in [0.3, 0.4) is 0 Å². The number of fused-ring (bicyclic) bond motifs is 1. The van der Waals surface area contributed by atoms with Crippen molar-refractivity contribution in [3.63, 3.8) is 0 Å². The van der Waals surface area contributed by atoms with Crippen molar-refractivity contribution in [3.8, 4) is 5.75 Å². The van der Waals surface area contributed by atoms with Crippen LogP contribution in [0.5, 0.6) is 5.75 Å². The van der Waals surface area contributed by atoms with Crippen LogP contribution < -0.4 is 4.74 Å². The maximum Gasteiger partial charge on any atom is 0.258 e. The number of ether oxygens (including phenoxy) is 1. The highest BCUT2D eigenvalue weighted by Crippen LogP contribution is 2.30. The molecule has 0 radical (unpaired) electrons. The summed E-state index contributed by atoms with van der Waals surface area (Å²) in [6.45, 7) is 5.19. The molecule has 23 heavy (non-hydrogen) atoms. The molecule has 0 atom stereocenters. The van der Waals surface area contributed by atoms with E-state index >= 15 is 0 Å². The highest BCUT2D eigenvalue weighted by atomic mass is 79.9. The van der Waals surface area contributed by atoms with Gasteiger partial charge in [0.05, 0.1) is 12.1 Å². The first kappa shape index (κ1) is 17.5. The van der Waals surface area contributed by atoms with Gasteiger partial charge in [-0.25, -0.2) is 4.39 Å². The zero-order valence-electron chi connectivity index (χ0n) is 13.2. The molecule has 0 bridgehead atoms. The number of nitrogens with zero attached hydrogens (tertiary/aromatic N) is 1. The molecule has 0 saturated heterocycles. The maximum atomic E-state index is 13.9. The topological polar surface area (TPSA) is 29.5 Å². The molecule has 0 aromatic heterocycles. The summed E-state index contributed by atoms with van der Waals surface area (Å²) in [5, 5.41) is 0. The van der Waals surface area contributed by atoms with Crippen molar-refractivity contribution < 1.29 is 13.9 Å². The number of hydrogen-bond acceptors (Lipinski definition) is 2. The highest BCUT2D eigenvalue weighted by molar-refractivity contribution is 9.10. The van der Waals surface area contributed by atoms with Gasteiger partial charge in [0.2, 0.25) is 0 Å². The fourth-order valence-corrected chi connectivity index (χ4v) is 2.78. The molecule has 122 valence electrons. The van der Waals surface area contributed by atoms with Gasteiger partial charge in [0, 0.05) is 11.0 Å². The highest BCUT2D eigenvalue weighted by Gasteiger charge is 2.26. The number of benzene rings is 2. The Hall–Kier alpha value is -1.88. The van der Waals surface area contributed by atoms with Gasteiger partial charge in [-0.2, -0.15) is 0 Å². The average molecular weight is 380 g/mol. The smallest absolute Gasteiger partial charge is 0.258 e. The number of hydrogen-bond donors (Lipinski definition) is 0. The van der Waals surface area contributed by atoms with Gasteiger partial charge in [-0.15, -0.1) is 0 Å². The number of carbonyl (C=O) groups excluding carboxylic acids is 1. The molecule has 2 aromatic rings. The lowest BCUT2D eigenvalue weighted by Crippen LogP contribution is -2.31.